The molecule has 1 fully saturated rings. The predicted molar refractivity (Wildman–Crippen MR) is 71.7 cm³/mol. The van der Waals surface area contributed by atoms with E-state index in [2.05, 4.69) is 20.4 Å². The second-order valence-electron chi connectivity index (χ2n) is 5.12. The minimum absolute atomic E-state index is 0.180. The molecule has 7 heteroatoms. The number of ether oxygens (including phenoxy) is 1. The van der Waals surface area contributed by atoms with Gasteiger partial charge in [-0.05, 0) is 19.4 Å². The summed E-state index contributed by atoms with van der Waals surface area (Å²) in [6.07, 6.45) is 3.54. The van der Waals surface area contributed by atoms with Gasteiger partial charge in [0.2, 0.25) is 0 Å². The van der Waals surface area contributed by atoms with Crippen LogP contribution in [0, 0.1) is 18.7 Å². The van der Waals surface area contributed by atoms with Crippen molar-refractivity contribution in [1.29, 1.82) is 0 Å². The summed E-state index contributed by atoms with van der Waals surface area (Å²) in [7, 11) is 0. The van der Waals surface area contributed by atoms with Crippen molar-refractivity contribution in [3.05, 3.63) is 41.6 Å². The molecule has 2 aromatic rings. The van der Waals surface area contributed by atoms with Crippen LogP contribution in [0.5, 0.6) is 0 Å². The Morgan fingerprint density at radius 2 is 2.38 bits per heavy atom. The Labute approximate surface area is 121 Å². The highest BCUT2D eigenvalue weighted by Gasteiger charge is 2.33. The van der Waals surface area contributed by atoms with Crippen LogP contribution in [0.4, 0.5) is 4.39 Å². The lowest BCUT2D eigenvalue weighted by Gasteiger charge is -2.15. The fourth-order valence-electron chi connectivity index (χ4n) is 2.48. The number of hydrogen-bond acceptors (Lipinski definition) is 6. The van der Waals surface area contributed by atoms with Crippen molar-refractivity contribution in [2.24, 2.45) is 5.92 Å². The van der Waals surface area contributed by atoms with Gasteiger partial charge < -0.3 is 14.6 Å². The first-order chi connectivity index (χ1) is 10.2. The SMILES string of the molecule is Cc1noc([C@H]2OCC[C@H]2CNCc2ccncc2F)n1. The Kier molecular flexibility index (Phi) is 4.21. The van der Waals surface area contributed by atoms with Gasteiger partial charge in [0, 0.05) is 37.4 Å². The summed E-state index contributed by atoms with van der Waals surface area (Å²) in [6, 6.07) is 1.67. The summed E-state index contributed by atoms with van der Waals surface area (Å²) in [5.74, 6) is 1.07. The molecule has 0 spiro atoms. The van der Waals surface area contributed by atoms with E-state index in [1.165, 1.54) is 6.20 Å². The van der Waals surface area contributed by atoms with Crippen LogP contribution < -0.4 is 5.32 Å². The summed E-state index contributed by atoms with van der Waals surface area (Å²) >= 11 is 0. The Morgan fingerprint density at radius 3 is 3.14 bits per heavy atom. The molecule has 0 amide bonds. The van der Waals surface area contributed by atoms with E-state index in [0.29, 0.717) is 37.0 Å². The van der Waals surface area contributed by atoms with Gasteiger partial charge in [0.1, 0.15) is 11.9 Å². The Morgan fingerprint density at radius 1 is 1.48 bits per heavy atom. The van der Waals surface area contributed by atoms with Crippen LogP contribution in [0.15, 0.2) is 23.0 Å². The summed E-state index contributed by atoms with van der Waals surface area (Å²) in [6.45, 7) is 3.61. The molecule has 1 aliphatic heterocycles. The molecule has 0 unspecified atom stereocenters. The first kappa shape index (κ1) is 14.1. The molecule has 0 radical (unpaired) electrons. The number of nitrogens with zero attached hydrogens (tertiary/aromatic N) is 3. The first-order valence-corrected chi connectivity index (χ1v) is 6.95. The predicted octanol–water partition coefficient (Wildman–Crippen LogP) is 1.78. The van der Waals surface area contributed by atoms with Gasteiger partial charge in [0.15, 0.2) is 5.82 Å². The van der Waals surface area contributed by atoms with Gasteiger partial charge in [-0.15, -0.1) is 0 Å². The highest BCUT2D eigenvalue weighted by molar-refractivity contribution is 5.12. The number of nitrogens with one attached hydrogen (secondary N) is 1. The van der Waals surface area contributed by atoms with Crippen molar-refractivity contribution in [1.82, 2.24) is 20.4 Å². The van der Waals surface area contributed by atoms with Gasteiger partial charge in [-0.25, -0.2) is 4.39 Å². The third-order valence-electron chi connectivity index (χ3n) is 3.58. The quantitative estimate of drug-likeness (QED) is 0.905. The molecular weight excluding hydrogens is 275 g/mol. The van der Waals surface area contributed by atoms with Crippen molar-refractivity contribution in [2.75, 3.05) is 13.2 Å². The Hall–Kier alpha value is -1.86. The van der Waals surface area contributed by atoms with Gasteiger partial charge in [-0.1, -0.05) is 5.16 Å². The van der Waals surface area contributed by atoms with Crippen molar-refractivity contribution in [3.8, 4) is 0 Å². The molecule has 2 aromatic heterocycles. The maximum absolute atomic E-state index is 13.5. The van der Waals surface area contributed by atoms with E-state index in [9.17, 15) is 4.39 Å². The second-order valence-corrected chi connectivity index (χ2v) is 5.12. The van der Waals surface area contributed by atoms with Crippen LogP contribution in [0.25, 0.3) is 0 Å². The summed E-state index contributed by atoms with van der Waals surface area (Å²) in [4.78, 5) is 7.96. The number of hydrogen-bond donors (Lipinski definition) is 1. The zero-order valence-electron chi connectivity index (χ0n) is 11.8. The molecular formula is C14H17FN4O2. The molecule has 6 nitrogen and oxygen atoms in total. The van der Waals surface area contributed by atoms with Crippen LogP contribution in [0.3, 0.4) is 0 Å². The van der Waals surface area contributed by atoms with E-state index in [1.807, 2.05) is 0 Å². The third kappa shape index (κ3) is 3.25. The maximum atomic E-state index is 13.5. The zero-order valence-corrected chi connectivity index (χ0v) is 11.8. The number of aryl methyl sites for hydroxylation is 1. The number of halogens is 1. The van der Waals surface area contributed by atoms with Gasteiger partial charge in [0.05, 0.1) is 6.20 Å². The number of rotatable bonds is 5. The molecule has 112 valence electrons. The smallest absolute Gasteiger partial charge is 0.256 e. The van der Waals surface area contributed by atoms with Crippen molar-refractivity contribution >= 4 is 0 Å². The van der Waals surface area contributed by atoms with Gasteiger partial charge >= 0.3 is 0 Å². The first-order valence-electron chi connectivity index (χ1n) is 6.95. The highest BCUT2D eigenvalue weighted by Crippen LogP contribution is 2.33. The van der Waals surface area contributed by atoms with E-state index in [0.717, 1.165) is 6.42 Å². The van der Waals surface area contributed by atoms with E-state index < -0.39 is 0 Å². The largest absolute Gasteiger partial charge is 0.368 e. The average molecular weight is 292 g/mol. The highest BCUT2D eigenvalue weighted by atomic mass is 19.1. The molecule has 2 atom stereocenters. The van der Waals surface area contributed by atoms with Crippen LogP contribution in [0.1, 0.15) is 29.8 Å². The maximum Gasteiger partial charge on any atom is 0.256 e. The molecule has 0 saturated carbocycles. The van der Waals surface area contributed by atoms with E-state index in [4.69, 9.17) is 9.26 Å². The lowest BCUT2D eigenvalue weighted by atomic mass is 10.0. The minimum Gasteiger partial charge on any atom is -0.368 e. The Bertz CT molecular complexity index is 604. The molecule has 0 aromatic carbocycles. The molecule has 3 rings (SSSR count). The molecule has 1 N–H and O–H groups in total. The molecule has 1 aliphatic rings. The number of aromatic nitrogens is 3. The Balaban J connectivity index is 1.56. The van der Waals surface area contributed by atoms with Crippen LogP contribution in [-0.2, 0) is 11.3 Å². The lowest BCUT2D eigenvalue weighted by molar-refractivity contribution is 0.0623. The number of pyridine rings is 1. The monoisotopic (exact) mass is 292 g/mol. The fraction of sp³-hybridized carbons (Fsp3) is 0.500. The molecule has 3 heterocycles. The molecule has 0 bridgehead atoms. The van der Waals surface area contributed by atoms with Crippen molar-refractivity contribution < 1.29 is 13.7 Å². The summed E-state index contributed by atoms with van der Waals surface area (Å²) in [5.41, 5.74) is 0.606. The van der Waals surface area contributed by atoms with Gasteiger partial charge in [0.25, 0.3) is 5.89 Å². The van der Waals surface area contributed by atoms with Crippen LogP contribution in [0.2, 0.25) is 0 Å². The minimum atomic E-state index is -0.295. The summed E-state index contributed by atoms with van der Waals surface area (Å²) < 4.78 is 24.3. The van der Waals surface area contributed by atoms with E-state index in [-0.39, 0.29) is 17.8 Å². The average Bonchev–Trinajstić information content (AvgIpc) is 3.09. The van der Waals surface area contributed by atoms with E-state index >= 15 is 0 Å². The lowest BCUT2D eigenvalue weighted by Crippen LogP contribution is -2.25. The van der Waals surface area contributed by atoms with Crippen molar-refractivity contribution in [3.63, 3.8) is 0 Å². The molecule has 1 saturated heterocycles. The zero-order chi connectivity index (χ0) is 14.7. The topological polar surface area (TPSA) is 73.1 Å². The van der Waals surface area contributed by atoms with Crippen LogP contribution in [-0.4, -0.2) is 28.3 Å². The van der Waals surface area contributed by atoms with Crippen molar-refractivity contribution in [2.45, 2.75) is 26.0 Å². The standard InChI is InChI=1S/C14H17FN4O2/c1-9-18-14(21-19-9)13-11(3-5-20-13)7-17-6-10-2-4-16-8-12(10)15/h2,4,8,11,13,17H,3,5-7H2,1H3/t11-,13-/m0/s1. The van der Waals surface area contributed by atoms with Gasteiger partial charge in [-0.3, -0.25) is 4.98 Å². The molecule has 0 aliphatic carbocycles. The van der Waals surface area contributed by atoms with E-state index in [1.54, 1.807) is 19.2 Å². The van der Waals surface area contributed by atoms with Crippen LogP contribution >= 0.6 is 0 Å². The third-order valence-corrected chi connectivity index (χ3v) is 3.58. The fourth-order valence-corrected chi connectivity index (χ4v) is 2.48. The van der Waals surface area contributed by atoms with Gasteiger partial charge in [-0.2, -0.15) is 4.98 Å². The molecule has 21 heavy (non-hydrogen) atoms. The summed E-state index contributed by atoms with van der Waals surface area (Å²) in [5, 5.41) is 7.05. The normalized spacial score (nSPS) is 21.8. The second kappa shape index (κ2) is 6.28.